The van der Waals surface area contributed by atoms with Gasteiger partial charge in [-0.05, 0) is 67.9 Å². The number of halogens is 1. The van der Waals surface area contributed by atoms with Crippen molar-refractivity contribution < 1.29 is 13.9 Å². The summed E-state index contributed by atoms with van der Waals surface area (Å²) in [6.45, 7) is 6.07. The molecule has 6 heteroatoms. The number of carbonyl (C=O) groups excluding carboxylic acids is 1. The van der Waals surface area contributed by atoms with E-state index < -0.39 is 5.41 Å². The van der Waals surface area contributed by atoms with Gasteiger partial charge in [-0.2, -0.15) is 0 Å². The largest absolute Gasteiger partial charge is 0.460 e. The van der Waals surface area contributed by atoms with Crippen LogP contribution in [0.4, 0.5) is 4.39 Å². The molecule has 4 heterocycles. The number of hydrogen-bond acceptors (Lipinski definition) is 4. The lowest BCUT2D eigenvalue weighted by atomic mass is 9.76. The first kappa shape index (κ1) is 18.7. The molecule has 0 unspecified atom stereocenters. The molecular formula is C25H23FN2O3. The summed E-state index contributed by atoms with van der Waals surface area (Å²) in [7, 11) is 0. The number of cyclic esters (lactones) is 1. The summed E-state index contributed by atoms with van der Waals surface area (Å²) < 4.78 is 21.8. The second-order valence-electron chi connectivity index (χ2n) is 9.20. The molecule has 5 nitrogen and oxygen atoms in total. The second kappa shape index (κ2) is 6.02. The fourth-order valence-corrected chi connectivity index (χ4v) is 5.68. The van der Waals surface area contributed by atoms with Gasteiger partial charge in [0.2, 0.25) is 0 Å². The maximum absolute atomic E-state index is 14.6. The smallest absolute Gasteiger partial charge is 0.316 e. The minimum atomic E-state index is -0.855. The predicted molar refractivity (Wildman–Crippen MR) is 115 cm³/mol. The topological polar surface area (TPSA) is 61.2 Å². The number of esters is 1. The molecule has 0 fully saturated rings. The summed E-state index contributed by atoms with van der Waals surface area (Å²) in [6.07, 6.45) is 3.25. The van der Waals surface area contributed by atoms with Crippen molar-refractivity contribution in [3.63, 3.8) is 0 Å². The third-order valence-electron chi connectivity index (χ3n) is 7.73. The highest BCUT2D eigenvalue weighted by molar-refractivity contribution is 5.92. The Kier molecular flexibility index (Phi) is 3.64. The van der Waals surface area contributed by atoms with Crippen LogP contribution < -0.4 is 5.56 Å². The number of aryl methyl sites for hydroxylation is 2. The summed E-state index contributed by atoms with van der Waals surface area (Å²) in [4.78, 5) is 30.9. The number of ether oxygens (including phenoxy) is 1. The van der Waals surface area contributed by atoms with Gasteiger partial charge in [0.1, 0.15) is 12.4 Å². The summed E-state index contributed by atoms with van der Waals surface area (Å²) in [6, 6.07) is 3.47. The lowest BCUT2D eigenvalue weighted by Crippen LogP contribution is -2.42. The fraction of sp³-hybridized carbons (Fsp3) is 0.400. The molecule has 0 spiro atoms. The number of rotatable bonds is 1. The van der Waals surface area contributed by atoms with Gasteiger partial charge in [-0.15, -0.1) is 0 Å². The summed E-state index contributed by atoms with van der Waals surface area (Å²) in [5.74, 6) is -0.529. The number of hydrogen-bond donors (Lipinski definition) is 0. The van der Waals surface area contributed by atoms with Crippen LogP contribution in [0.1, 0.15) is 60.1 Å². The average Bonchev–Trinajstić information content (AvgIpc) is 3.14. The number of carbonyl (C=O) groups is 1. The Labute approximate surface area is 178 Å². The Balaban J connectivity index is 1.68. The Morgan fingerprint density at radius 2 is 1.94 bits per heavy atom. The lowest BCUT2D eigenvalue weighted by Gasteiger charge is -2.33. The Morgan fingerprint density at radius 3 is 2.71 bits per heavy atom. The Hall–Kier alpha value is -3.02. The molecule has 0 saturated heterocycles. The Bertz CT molecular complexity index is 1400. The maximum atomic E-state index is 14.6. The summed E-state index contributed by atoms with van der Waals surface area (Å²) >= 11 is 0. The van der Waals surface area contributed by atoms with Crippen LogP contribution in [0.5, 0.6) is 0 Å². The number of pyridine rings is 2. The Morgan fingerprint density at radius 1 is 1.16 bits per heavy atom. The van der Waals surface area contributed by atoms with Crippen LogP contribution in [0.3, 0.4) is 0 Å². The third kappa shape index (κ3) is 2.23. The van der Waals surface area contributed by atoms with Crippen LogP contribution in [0.25, 0.3) is 22.3 Å². The van der Waals surface area contributed by atoms with E-state index in [1.807, 2.05) is 26.8 Å². The van der Waals surface area contributed by atoms with E-state index in [1.54, 1.807) is 4.57 Å². The molecule has 31 heavy (non-hydrogen) atoms. The van der Waals surface area contributed by atoms with Gasteiger partial charge in [0.15, 0.2) is 0 Å². The number of benzene rings is 1. The van der Waals surface area contributed by atoms with Crippen LogP contribution in [0.2, 0.25) is 0 Å². The molecule has 0 bridgehead atoms. The number of nitrogens with zero attached hydrogens (tertiary/aromatic N) is 2. The van der Waals surface area contributed by atoms with Crippen molar-refractivity contribution in [1.29, 1.82) is 0 Å². The maximum Gasteiger partial charge on any atom is 0.316 e. The predicted octanol–water partition coefficient (Wildman–Crippen LogP) is 4.09. The highest BCUT2D eigenvalue weighted by Crippen LogP contribution is 2.43. The quantitative estimate of drug-likeness (QED) is 0.437. The van der Waals surface area contributed by atoms with Crippen LogP contribution in [0, 0.1) is 12.7 Å². The molecule has 0 saturated carbocycles. The highest BCUT2D eigenvalue weighted by Gasteiger charge is 2.43. The minimum Gasteiger partial charge on any atom is -0.460 e. The number of fused-ring (bicyclic) bond motifs is 5. The van der Waals surface area contributed by atoms with Crippen molar-refractivity contribution in [2.24, 2.45) is 0 Å². The number of aromatic nitrogens is 2. The molecule has 1 aliphatic carbocycles. The van der Waals surface area contributed by atoms with Gasteiger partial charge in [-0.3, -0.25) is 9.59 Å². The van der Waals surface area contributed by atoms with Gasteiger partial charge >= 0.3 is 5.97 Å². The van der Waals surface area contributed by atoms with Crippen molar-refractivity contribution in [3.8, 4) is 11.4 Å². The molecule has 6 rings (SSSR count). The lowest BCUT2D eigenvalue weighted by molar-refractivity contribution is -0.153. The fourth-order valence-electron chi connectivity index (χ4n) is 5.68. The standard InChI is InChI=1S/C25H23FN2O3/c1-4-25(3)17-8-20-22-15(10-28(20)23(29)16(17)11-31-24(25)30)14-7-5-6-13-12(2)18(26)9-19(27-22)21(13)14/h8-9H,4-7,10-11H2,1-3H3/t25-/m1/s1. The van der Waals surface area contributed by atoms with E-state index in [1.165, 1.54) is 11.6 Å². The van der Waals surface area contributed by atoms with Gasteiger partial charge in [0.05, 0.1) is 34.4 Å². The zero-order chi connectivity index (χ0) is 21.7. The van der Waals surface area contributed by atoms with Gasteiger partial charge in [-0.25, -0.2) is 9.37 Å². The van der Waals surface area contributed by atoms with E-state index in [0.717, 1.165) is 52.7 Å². The molecule has 3 aliphatic rings. The molecule has 1 atom stereocenters. The molecule has 158 valence electrons. The second-order valence-corrected chi connectivity index (χ2v) is 9.20. The van der Waals surface area contributed by atoms with Crippen molar-refractivity contribution in [3.05, 3.63) is 61.7 Å². The minimum absolute atomic E-state index is 0.00995. The molecule has 1 aromatic carbocycles. The molecule has 2 aromatic heterocycles. The first-order chi connectivity index (χ1) is 14.8. The van der Waals surface area contributed by atoms with Crippen LogP contribution in [-0.2, 0) is 40.9 Å². The third-order valence-corrected chi connectivity index (χ3v) is 7.73. The van der Waals surface area contributed by atoms with Crippen LogP contribution >= 0.6 is 0 Å². The first-order valence-electron chi connectivity index (χ1n) is 10.9. The summed E-state index contributed by atoms with van der Waals surface area (Å²) in [5.41, 5.74) is 6.44. The molecule has 3 aromatic rings. The van der Waals surface area contributed by atoms with Crippen molar-refractivity contribution in [1.82, 2.24) is 9.55 Å². The van der Waals surface area contributed by atoms with Crippen molar-refractivity contribution >= 4 is 16.9 Å². The molecular weight excluding hydrogens is 395 g/mol. The monoisotopic (exact) mass is 418 g/mol. The van der Waals surface area contributed by atoms with Gasteiger partial charge in [0.25, 0.3) is 5.56 Å². The highest BCUT2D eigenvalue weighted by atomic mass is 19.1. The zero-order valence-corrected chi connectivity index (χ0v) is 17.9. The van der Waals surface area contributed by atoms with Crippen LogP contribution in [-0.4, -0.2) is 15.5 Å². The molecule has 0 radical (unpaired) electrons. The van der Waals surface area contributed by atoms with E-state index in [2.05, 4.69) is 0 Å². The zero-order valence-electron chi connectivity index (χ0n) is 17.9. The van der Waals surface area contributed by atoms with E-state index >= 15 is 0 Å². The van der Waals surface area contributed by atoms with Crippen LogP contribution in [0.15, 0.2) is 16.9 Å². The van der Waals surface area contributed by atoms with Gasteiger partial charge in [0, 0.05) is 17.0 Å². The summed E-state index contributed by atoms with van der Waals surface area (Å²) in [5, 5.41) is 1.06. The molecule has 0 amide bonds. The van der Waals surface area contributed by atoms with E-state index in [4.69, 9.17) is 9.72 Å². The van der Waals surface area contributed by atoms with Gasteiger partial charge < -0.3 is 9.30 Å². The van der Waals surface area contributed by atoms with E-state index in [9.17, 15) is 14.0 Å². The van der Waals surface area contributed by atoms with Crippen molar-refractivity contribution in [2.45, 2.75) is 65.0 Å². The average molecular weight is 418 g/mol. The van der Waals surface area contributed by atoms with Crippen molar-refractivity contribution in [2.75, 3.05) is 0 Å². The van der Waals surface area contributed by atoms with E-state index in [0.29, 0.717) is 29.6 Å². The first-order valence-corrected chi connectivity index (χ1v) is 10.9. The molecule has 2 aliphatic heterocycles. The normalized spacial score (nSPS) is 21.0. The van der Waals surface area contributed by atoms with Gasteiger partial charge in [-0.1, -0.05) is 6.92 Å². The van der Waals surface area contributed by atoms with E-state index in [-0.39, 0.29) is 24.0 Å². The molecule has 0 N–H and O–H groups in total. The SMILES string of the molecule is CC[C@@]1(C)C(=O)OCc2c1cc1n(c2=O)Cc2c-1nc1cc(F)c(C)c3c1c2CCC3.